The van der Waals surface area contributed by atoms with Crippen LogP contribution in [0, 0.1) is 0 Å². The Bertz CT molecular complexity index is 608. The van der Waals surface area contributed by atoms with Gasteiger partial charge in [0.25, 0.3) is 0 Å². The van der Waals surface area contributed by atoms with Crippen molar-refractivity contribution in [3.63, 3.8) is 0 Å². The first-order chi connectivity index (χ1) is 7.75. The summed E-state index contributed by atoms with van der Waals surface area (Å²) in [5, 5.41) is 2.51. The summed E-state index contributed by atoms with van der Waals surface area (Å²) >= 11 is 0. The van der Waals surface area contributed by atoms with Crippen molar-refractivity contribution in [1.82, 2.24) is 0 Å². The summed E-state index contributed by atoms with van der Waals surface area (Å²) < 4.78 is 0. The van der Waals surface area contributed by atoms with Gasteiger partial charge in [-0.05, 0) is 34.4 Å². The lowest BCUT2D eigenvalue weighted by molar-refractivity contribution is -0.116. The van der Waals surface area contributed by atoms with E-state index in [1.807, 2.05) is 0 Å². The molecule has 0 atom stereocenters. The Hall–Kier alpha value is -1.89. The molecule has 2 aromatic rings. The van der Waals surface area contributed by atoms with Crippen LogP contribution in [0.2, 0.25) is 0 Å². The van der Waals surface area contributed by atoms with Gasteiger partial charge in [-0.25, -0.2) is 0 Å². The molecule has 0 unspecified atom stereocenters. The first-order valence-electron chi connectivity index (χ1n) is 5.48. The van der Waals surface area contributed by atoms with E-state index in [4.69, 9.17) is 0 Å². The maximum Gasteiger partial charge on any atom is 0.134 e. The van der Waals surface area contributed by atoms with Crippen molar-refractivity contribution >= 4 is 28.7 Å². The van der Waals surface area contributed by atoms with Gasteiger partial charge in [-0.1, -0.05) is 42.5 Å². The molecule has 0 amide bonds. The Kier molecular flexibility index (Phi) is 1.93. The Morgan fingerprint density at radius 2 is 1.81 bits per heavy atom. The Morgan fingerprint density at radius 1 is 1.06 bits per heavy atom. The van der Waals surface area contributed by atoms with E-state index in [1.165, 1.54) is 21.9 Å². The second-order valence-corrected chi connectivity index (χ2v) is 4.30. The zero-order valence-corrected chi connectivity index (χ0v) is 9.16. The molecule has 2 aromatic carbocycles. The molecule has 0 radical (unpaired) electrons. The summed E-state index contributed by atoms with van der Waals surface area (Å²) in [6.07, 6.45) is 4.80. The van der Waals surface area contributed by atoms with Crippen LogP contribution in [-0.2, 0) is 11.2 Å². The van der Waals surface area contributed by atoms with E-state index in [9.17, 15) is 4.79 Å². The predicted molar refractivity (Wildman–Crippen MR) is 67.3 cm³/mol. The number of rotatable bonds is 2. The van der Waals surface area contributed by atoms with Crippen LogP contribution in [-0.4, -0.2) is 5.78 Å². The van der Waals surface area contributed by atoms with Crippen LogP contribution in [0.5, 0.6) is 0 Å². The molecule has 0 aliphatic heterocycles. The second-order valence-electron chi connectivity index (χ2n) is 4.30. The van der Waals surface area contributed by atoms with E-state index in [0.29, 0.717) is 6.42 Å². The van der Waals surface area contributed by atoms with E-state index in [0.717, 1.165) is 5.56 Å². The van der Waals surface area contributed by atoms with Gasteiger partial charge in [0.05, 0.1) is 0 Å². The van der Waals surface area contributed by atoms with Crippen LogP contribution >= 0.6 is 0 Å². The summed E-state index contributed by atoms with van der Waals surface area (Å²) in [6.45, 7) is 1.64. The number of carbonyl (C=O) groups excluding carboxylic acids is 1. The van der Waals surface area contributed by atoms with Crippen molar-refractivity contribution in [2.24, 2.45) is 0 Å². The number of ketones is 1. The van der Waals surface area contributed by atoms with Crippen molar-refractivity contribution in [3.05, 3.63) is 47.0 Å². The van der Waals surface area contributed by atoms with Gasteiger partial charge in [-0.15, -0.1) is 0 Å². The lowest BCUT2D eigenvalue weighted by Gasteiger charge is -2.07. The molecule has 0 fully saturated rings. The molecule has 1 aliphatic rings. The van der Waals surface area contributed by atoms with Gasteiger partial charge in [-0.2, -0.15) is 0 Å². The Morgan fingerprint density at radius 3 is 2.56 bits per heavy atom. The minimum Gasteiger partial charge on any atom is -0.300 e. The highest BCUT2D eigenvalue weighted by atomic mass is 16.1. The van der Waals surface area contributed by atoms with E-state index in [-0.39, 0.29) is 5.78 Å². The van der Waals surface area contributed by atoms with E-state index < -0.39 is 0 Å². The average molecular weight is 208 g/mol. The molecule has 0 N–H and O–H groups in total. The van der Waals surface area contributed by atoms with Crippen molar-refractivity contribution in [2.45, 2.75) is 13.3 Å². The number of carbonyl (C=O) groups is 1. The third-order valence-electron chi connectivity index (χ3n) is 3.08. The number of hydrogen-bond acceptors (Lipinski definition) is 1. The molecule has 0 saturated carbocycles. The van der Waals surface area contributed by atoms with E-state index in [1.54, 1.807) is 6.92 Å². The van der Waals surface area contributed by atoms with Gasteiger partial charge in [-0.3, -0.25) is 4.79 Å². The first kappa shape index (κ1) is 9.34. The van der Waals surface area contributed by atoms with Crippen molar-refractivity contribution in [3.8, 4) is 0 Å². The van der Waals surface area contributed by atoms with Crippen molar-refractivity contribution in [1.29, 1.82) is 0 Å². The van der Waals surface area contributed by atoms with Crippen LogP contribution in [0.3, 0.4) is 0 Å². The molecule has 0 saturated heterocycles. The summed E-state index contributed by atoms with van der Waals surface area (Å²) in [5.41, 5.74) is 3.66. The molecule has 16 heavy (non-hydrogen) atoms. The molecule has 0 heterocycles. The van der Waals surface area contributed by atoms with Crippen LogP contribution in [0.4, 0.5) is 0 Å². The van der Waals surface area contributed by atoms with E-state index >= 15 is 0 Å². The quantitative estimate of drug-likeness (QED) is 0.630. The molecule has 78 valence electrons. The van der Waals surface area contributed by atoms with Crippen LogP contribution < -0.4 is 0 Å². The molecular formula is C15H12O. The van der Waals surface area contributed by atoms with Gasteiger partial charge in [0.2, 0.25) is 0 Å². The van der Waals surface area contributed by atoms with Gasteiger partial charge < -0.3 is 0 Å². The second kappa shape index (κ2) is 3.31. The summed E-state index contributed by atoms with van der Waals surface area (Å²) in [4.78, 5) is 11.2. The predicted octanol–water partition coefficient (Wildman–Crippen LogP) is 3.46. The molecule has 1 heteroatoms. The maximum atomic E-state index is 11.2. The number of benzene rings is 2. The fourth-order valence-corrected chi connectivity index (χ4v) is 2.40. The molecule has 3 rings (SSSR count). The average Bonchev–Trinajstić information content (AvgIpc) is 2.67. The SMILES string of the molecule is CC(=O)Cc1ccc2c3c(cccc13)C=C2. The zero-order valence-electron chi connectivity index (χ0n) is 9.16. The number of hydrogen-bond donors (Lipinski definition) is 0. The maximum absolute atomic E-state index is 11.2. The smallest absolute Gasteiger partial charge is 0.134 e. The minimum absolute atomic E-state index is 0.214. The zero-order chi connectivity index (χ0) is 11.1. The fourth-order valence-electron chi connectivity index (χ4n) is 2.40. The Balaban J connectivity index is 2.31. The molecule has 1 nitrogen and oxygen atoms in total. The number of Topliss-reactive ketones (excluding diaryl/α,β-unsaturated/α-hetero) is 1. The Labute approximate surface area is 94.4 Å². The third kappa shape index (κ3) is 1.28. The van der Waals surface area contributed by atoms with Gasteiger partial charge in [0.1, 0.15) is 5.78 Å². The van der Waals surface area contributed by atoms with Crippen LogP contribution in [0.1, 0.15) is 23.6 Å². The third-order valence-corrected chi connectivity index (χ3v) is 3.08. The highest BCUT2D eigenvalue weighted by Gasteiger charge is 2.11. The molecular weight excluding hydrogens is 196 g/mol. The standard InChI is InChI=1S/C15H12O/c1-10(16)9-13-8-7-12-6-5-11-3-2-4-14(13)15(11)12/h2-8H,9H2,1H3. The summed E-state index contributed by atoms with van der Waals surface area (Å²) in [6, 6.07) is 10.5. The summed E-state index contributed by atoms with van der Waals surface area (Å²) in [7, 11) is 0. The summed E-state index contributed by atoms with van der Waals surface area (Å²) in [5.74, 6) is 0.214. The normalized spacial score (nSPS) is 12.3. The largest absolute Gasteiger partial charge is 0.300 e. The fraction of sp³-hybridized carbons (Fsp3) is 0.133. The monoisotopic (exact) mass is 208 g/mol. The van der Waals surface area contributed by atoms with Crippen molar-refractivity contribution < 1.29 is 4.79 Å². The van der Waals surface area contributed by atoms with Gasteiger partial charge in [0, 0.05) is 6.42 Å². The molecule has 0 spiro atoms. The molecule has 0 bridgehead atoms. The molecule has 0 aromatic heterocycles. The van der Waals surface area contributed by atoms with Crippen LogP contribution in [0.15, 0.2) is 30.3 Å². The lowest BCUT2D eigenvalue weighted by Crippen LogP contribution is -1.97. The molecule has 1 aliphatic carbocycles. The highest BCUT2D eigenvalue weighted by molar-refractivity contribution is 6.06. The highest BCUT2D eigenvalue weighted by Crippen LogP contribution is 2.33. The van der Waals surface area contributed by atoms with Gasteiger partial charge >= 0.3 is 0 Å². The van der Waals surface area contributed by atoms with E-state index in [2.05, 4.69) is 42.5 Å². The lowest BCUT2D eigenvalue weighted by atomic mass is 9.97. The van der Waals surface area contributed by atoms with Gasteiger partial charge in [0.15, 0.2) is 0 Å². The first-order valence-corrected chi connectivity index (χ1v) is 5.48. The minimum atomic E-state index is 0.214. The van der Waals surface area contributed by atoms with Crippen molar-refractivity contribution in [2.75, 3.05) is 0 Å². The van der Waals surface area contributed by atoms with Crippen LogP contribution in [0.25, 0.3) is 22.9 Å². The topological polar surface area (TPSA) is 17.1 Å².